The summed E-state index contributed by atoms with van der Waals surface area (Å²) in [5.41, 5.74) is 5.21. The van der Waals surface area contributed by atoms with Gasteiger partial charge in [-0.2, -0.15) is 0 Å². The Bertz CT molecular complexity index is 1360. The minimum atomic E-state index is -0.711. The minimum Gasteiger partial charge on any atom is -0.496 e. The third-order valence-electron chi connectivity index (χ3n) is 7.37. The van der Waals surface area contributed by atoms with Crippen LogP contribution in [-0.4, -0.2) is 62.8 Å². The SMILES string of the molecule is CNC(=O)COc1ccc(COC(=O)[C@H]2CCCN2C(=O)OCC2c3ccccc3-c3ccccc32)c(OC)c1. The second-order valence-corrected chi connectivity index (χ2v) is 9.70. The van der Waals surface area contributed by atoms with Gasteiger partial charge in [-0.3, -0.25) is 9.69 Å². The average molecular weight is 545 g/mol. The standard InChI is InChI=1S/C31H32N2O7/c1-32-29(34)19-38-21-14-13-20(28(16-21)37-2)17-39-30(35)27-12-7-15-33(27)31(36)40-18-26-24-10-5-3-8-22(24)23-9-4-6-11-25(23)26/h3-6,8-11,13-14,16,26-27H,7,12,15,17-19H2,1-2H3,(H,32,34)/t27-/m1/s1. The van der Waals surface area contributed by atoms with Crippen molar-refractivity contribution in [2.24, 2.45) is 0 Å². The molecule has 1 fully saturated rings. The van der Waals surface area contributed by atoms with Gasteiger partial charge >= 0.3 is 12.1 Å². The molecule has 0 aromatic heterocycles. The molecule has 0 bridgehead atoms. The first-order valence-electron chi connectivity index (χ1n) is 13.3. The van der Waals surface area contributed by atoms with Gasteiger partial charge < -0.3 is 24.3 Å². The Morgan fingerprint density at radius 2 is 1.65 bits per heavy atom. The molecule has 3 aromatic rings. The molecule has 0 saturated carbocycles. The molecule has 1 N–H and O–H groups in total. The van der Waals surface area contributed by atoms with E-state index < -0.39 is 18.1 Å². The van der Waals surface area contributed by atoms with Crippen LogP contribution in [0.25, 0.3) is 11.1 Å². The minimum absolute atomic E-state index is 0.0350. The van der Waals surface area contributed by atoms with Crippen molar-refractivity contribution in [2.75, 3.05) is 33.9 Å². The molecule has 40 heavy (non-hydrogen) atoms. The number of nitrogens with zero attached hydrogens (tertiary/aromatic N) is 1. The number of amides is 2. The van der Waals surface area contributed by atoms with Gasteiger partial charge in [0.15, 0.2) is 6.61 Å². The van der Waals surface area contributed by atoms with Crippen LogP contribution in [0.2, 0.25) is 0 Å². The van der Waals surface area contributed by atoms with Crippen LogP contribution in [0.1, 0.15) is 35.4 Å². The zero-order valence-electron chi connectivity index (χ0n) is 22.6. The molecule has 1 atom stereocenters. The number of nitrogens with one attached hydrogen (secondary N) is 1. The predicted molar refractivity (Wildman–Crippen MR) is 147 cm³/mol. The van der Waals surface area contributed by atoms with Crippen LogP contribution in [0.5, 0.6) is 11.5 Å². The number of carbonyl (C=O) groups excluding carboxylic acids is 3. The molecule has 0 spiro atoms. The predicted octanol–water partition coefficient (Wildman–Crippen LogP) is 4.28. The Balaban J connectivity index is 1.18. The maximum atomic E-state index is 13.1. The van der Waals surface area contributed by atoms with E-state index in [9.17, 15) is 14.4 Å². The maximum absolute atomic E-state index is 13.1. The molecule has 9 nitrogen and oxygen atoms in total. The molecule has 1 heterocycles. The van der Waals surface area contributed by atoms with Gasteiger partial charge in [0.1, 0.15) is 30.8 Å². The largest absolute Gasteiger partial charge is 0.496 e. The first-order chi connectivity index (χ1) is 19.5. The third kappa shape index (κ3) is 5.59. The van der Waals surface area contributed by atoms with Crippen molar-refractivity contribution in [2.45, 2.75) is 31.4 Å². The first-order valence-corrected chi connectivity index (χ1v) is 13.3. The van der Waals surface area contributed by atoms with Gasteiger partial charge in [0.05, 0.1) is 7.11 Å². The lowest BCUT2D eigenvalue weighted by Gasteiger charge is -2.24. The average Bonchev–Trinajstić information content (AvgIpc) is 3.61. The number of hydrogen-bond donors (Lipinski definition) is 1. The van der Waals surface area contributed by atoms with Crippen molar-refractivity contribution in [1.82, 2.24) is 10.2 Å². The molecule has 5 rings (SSSR count). The highest BCUT2D eigenvalue weighted by Gasteiger charge is 2.37. The monoisotopic (exact) mass is 544 g/mol. The molecule has 208 valence electrons. The number of hydrogen-bond acceptors (Lipinski definition) is 7. The molecule has 2 aliphatic rings. The number of likely N-dealkylation sites (N-methyl/N-ethyl adjacent to an activating group) is 1. The van der Waals surface area contributed by atoms with Crippen LogP contribution in [0, 0.1) is 0 Å². The van der Waals surface area contributed by atoms with Crippen molar-refractivity contribution >= 4 is 18.0 Å². The van der Waals surface area contributed by atoms with Gasteiger partial charge in [-0.05, 0) is 47.2 Å². The van der Waals surface area contributed by atoms with E-state index in [2.05, 4.69) is 29.6 Å². The fourth-order valence-corrected chi connectivity index (χ4v) is 5.31. The third-order valence-corrected chi connectivity index (χ3v) is 7.37. The first kappa shape index (κ1) is 27.1. The molecule has 0 radical (unpaired) electrons. The Kier molecular flexibility index (Phi) is 8.19. The normalized spacial score (nSPS) is 15.7. The molecule has 2 amide bonds. The summed E-state index contributed by atoms with van der Waals surface area (Å²) in [5.74, 6) is 0.109. The van der Waals surface area contributed by atoms with E-state index in [-0.39, 0.29) is 31.6 Å². The summed E-state index contributed by atoms with van der Waals surface area (Å²) in [4.78, 5) is 39.0. The summed E-state index contributed by atoms with van der Waals surface area (Å²) in [5, 5.41) is 2.49. The van der Waals surface area contributed by atoms with E-state index in [1.165, 1.54) is 19.1 Å². The molecule has 1 saturated heterocycles. The topological polar surface area (TPSA) is 103 Å². The fourth-order valence-electron chi connectivity index (χ4n) is 5.31. The van der Waals surface area contributed by atoms with E-state index in [1.807, 2.05) is 24.3 Å². The Morgan fingerprint density at radius 3 is 2.33 bits per heavy atom. The number of carbonyl (C=O) groups is 3. The number of likely N-dealkylation sites (tertiary alicyclic amines) is 1. The number of ether oxygens (including phenoxy) is 4. The van der Waals surface area contributed by atoms with E-state index in [0.717, 1.165) is 22.3 Å². The summed E-state index contributed by atoms with van der Waals surface area (Å²) in [6.45, 7) is 0.460. The van der Waals surface area contributed by atoms with Crippen LogP contribution in [0.15, 0.2) is 66.7 Å². The summed E-state index contributed by atoms with van der Waals surface area (Å²) < 4.78 is 22.2. The summed E-state index contributed by atoms with van der Waals surface area (Å²) in [6, 6.07) is 20.6. The number of benzene rings is 3. The lowest BCUT2D eigenvalue weighted by molar-refractivity contribution is -0.149. The Morgan fingerprint density at radius 1 is 0.950 bits per heavy atom. The fraction of sp³-hybridized carbons (Fsp3) is 0.323. The van der Waals surface area contributed by atoms with Crippen molar-refractivity contribution in [3.8, 4) is 22.6 Å². The van der Waals surface area contributed by atoms with Crippen molar-refractivity contribution < 1.29 is 33.3 Å². The van der Waals surface area contributed by atoms with Gasteiger partial charge in [0.2, 0.25) is 0 Å². The highest BCUT2D eigenvalue weighted by molar-refractivity contribution is 5.83. The maximum Gasteiger partial charge on any atom is 0.410 e. The van der Waals surface area contributed by atoms with Crippen molar-refractivity contribution in [1.29, 1.82) is 0 Å². The smallest absolute Gasteiger partial charge is 0.410 e. The lowest BCUT2D eigenvalue weighted by Crippen LogP contribution is -2.42. The second kappa shape index (κ2) is 12.1. The van der Waals surface area contributed by atoms with Crippen LogP contribution in [-0.2, 0) is 25.7 Å². The molecule has 0 unspecified atom stereocenters. The zero-order valence-corrected chi connectivity index (χ0v) is 22.6. The van der Waals surface area contributed by atoms with E-state index in [1.54, 1.807) is 18.2 Å². The molecule has 3 aromatic carbocycles. The van der Waals surface area contributed by atoms with Crippen molar-refractivity contribution in [3.05, 3.63) is 83.4 Å². The van der Waals surface area contributed by atoms with Crippen LogP contribution in [0.3, 0.4) is 0 Å². The van der Waals surface area contributed by atoms with E-state index in [0.29, 0.717) is 36.4 Å². The highest BCUT2D eigenvalue weighted by Crippen LogP contribution is 2.44. The van der Waals surface area contributed by atoms with E-state index in [4.69, 9.17) is 18.9 Å². The van der Waals surface area contributed by atoms with Gasteiger partial charge in [0.25, 0.3) is 5.91 Å². The molecular weight excluding hydrogens is 512 g/mol. The zero-order chi connectivity index (χ0) is 28.1. The number of fused-ring (bicyclic) bond motifs is 3. The van der Waals surface area contributed by atoms with Gasteiger partial charge in [-0.15, -0.1) is 0 Å². The number of methoxy groups -OCH3 is 1. The number of rotatable bonds is 9. The van der Waals surface area contributed by atoms with Gasteiger partial charge in [-0.25, -0.2) is 9.59 Å². The van der Waals surface area contributed by atoms with E-state index >= 15 is 0 Å². The molecule has 9 heteroatoms. The lowest BCUT2D eigenvalue weighted by atomic mass is 9.98. The van der Waals surface area contributed by atoms with Crippen molar-refractivity contribution in [3.63, 3.8) is 0 Å². The summed E-state index contributed by atoms with van der Waals surface area (Å²) in [6.07, 6.45) is 0.674. The van der Waals surface area contributed by atoms with Gasteiger partial charge in [-0.1, -0.05) is 48.5 Å². The van der Waals surface area contributed by atoms with Gasteiger partial charge in [0, 0.05) is 31.1 Å². The Labute approximate surface area is 233 Å². The van der Waals surface area contributed by atoms with Crippen LogP contribution < -0.4 is 14.8 Å². The molecule has 1 aliphatic carbocycles. The number of esters is 1. The van der Waals surface area contributed by atoms with Crippen LogP contribution >= 0.6 is 0 Å². The molecule has 1 aliphatic heterocycles. The second-order valence-electron chi connectivity index (χ2n) is 9.70. The summed E-state index contributed by atoms with van der Waals surface area (Å²) in [7, 11) is 3.03. The highest BCUT2D eigenvalue weighted by atomic mass is 16.6. The van der Waals surface area contributed by atoms with Crippen LogP contribution in [0.4, 0.5) is 4.79 Å². The summed E-state index contributed by atoms with van der Waals surface area (Å²) >= 11 is 0. The Hall–Kier alpha value is -4.53. The quantitative estimate of drug-likeness (QED) is 0.401. The molecular formula is C31H32N2O7.